The quantitative estimate of drug-likeness (QED) is 0.595. The Morgan fingerprint density at radius 1 is 1.27 bits per heavy atom. The molecule has 0 aliphatic heterocycles. The van der Waals surface area contributed by atoms with Crippen LogP contribution in [-0.4, -0.2) is 21.0 Å². The van der Waals surface area contributed by atoms with E-state index in [1.54, 1.807) is 5.51 Å². The molecule has 3 rings (SSSR count). The second-order valence-electron chi connectivity index (χ2n) is 4.17. The number of aromatic carboxylic acids is 1. The van der Waals surface area contributed by atoms with Crippen LogP contribution in [0, 0.1) is 0 Å². The second kappa shape index (κ2) is 6.06. The van der Waals surface area contributed by atoms with Gasteiger partial charge in [-0.25, -0.2) is 9.78 Å². The Hall–Kier alpha value is -2.55. The lowest BCUT2D eigenvalue weighted by Gasteiger charge is -2.05. The van der Waals surface area contributed by atoms with Gasteiger partial charge in [0.25, 0.3) is 0 Å². The van der Waals surface area contributed by atoms with Gasteiger partial charge in [-0.05, 0) is 30.3 Å². The first-order valence-electron chi connectivity index (χ1n) is 5.85. The van der Waals surface area contributed by atoms with Crippen LogP contribution in [-0.2, 0) is 6.18 Å². The summed E-state index contributed by atoms with van der Waals surface area (Å²) in [5, 5.41) is 8.55. The summed E-state index contributed by atoms with van der Waals surface area (Å²) in [5.41, 5.74) is 7.44. The third kappa shape index (κ3) is 3.76. The number of rotatable bonds is 1. The number of halogens is 3. The predicted molar refractivity (Wildman–Crippen MR) is 76.8 cm³/mol. The number of carbonyl (C=O) groups is 1. The van der Waals surface area contributed by atoms with Crippen LogP contribution in [0.2, 0.25) is 0 Å². The molecular weight excluding hydrogens is 319 g/mol. The first-order chi connectivity index (χ1) is 10.3. The van der Waals surface area contributed by atoms with E-state index in [2.05, 4.69) is 9.97 Å². The van der Waals surface area contributed by atoms with Crippen LogP contribution < -0.4 is 5.73 Å². The van der Waals surface area contributed by atoms with Crippen LogP contribution in [0.25, 0.3) is 10.3 Å². The summed E-state index contributed by atoms with van der Waals surface area (Å²) < 4.78 is 35.6. The molecular formula is C13H10F3N3O2S. The molecule has 0 aliphatic rings. The number of nitrogen functional groups attached to an aromatic ring is 1. The molecule has 0 radical (unpaired) electrons. The molecule has 5 nitrogen and oxygen atoms in total. The van der Waals surface area contributed by atoms with Gasteiger partial charge in [0.05, 0.1) is 11.1 Å². The molecule has 22 heavy (non-hydrogen) atoms. The Bertz CT molecular complexity index is 749. The molecule has 0 aliphatic carbocycles. The molecule has 4 N–H and O–H groups in total. The number of hydrogen-bond donors (Lipinski definition) is 3. The summed E-state index contributed by atoms with van der Waals surface area (Å²) in [5.74, 6) is -0.949. The lowest BCUT2D eigenvalue weighted by atomic mass is 10.2. The number of carboxylic acids is 1. The molecule has 3 aromatic rings. The highest BCUT2D eigenvalue weighted by atomic mass is 32.1. The lowest BCUT2D eigenvalue weighted by molar-refractivity contribution is -0.137. The molecule has 116 valence electrons. The fraction of sp³-hybridized carbons (Fsp3) is 0.0769. The molecule has 0 bridgehead atoms. The van der Waals surface area contributed by atoms with Crippen molar-refractivity contribution in [3.05, 3.63) is 47.1 Å². The van der Waals surface area contributed by atoms with Crippen LogP contribution in [0.15, 0.2) is 35.8 Å². The zero-order chi connectivity index (χ0) is 16.3. The highest BCUT2D eigenvalue weighted by Gasteiger charge is 2.29. The summed E-state index contributed by atoms with van der Waals surface area (Å²) in [7, 11) is 0. The van der Waals surface area contributed by atoms with Crippen molar-refractivity contribution >= 4 is 33.3 Å². The number of fused-ring (bicyclic) bond motifs is 1. The summed E-state index contributed by atoms with van der Waals surface area (Å²) >= 11 is 1.40. The molecule has 2 aromatic heterocycles. The van der Waals surface area contributed by atoms with Crippen LogP contribution in [0.1, 0.15) is 16.1 Å². The number of H-pyrrole nitrogens is 1. The number of nitrogens with zero attached hydrogens (tertiary/aromatic N) is 1. The Morgan fingerprint density at radius 3 is 2.41 bits per heavy atom. The van der Waals surface area contributed by atoms with Crippen molar-refractivity contribution in [3.63, 3.8) is 0 Å². The van der Waals surface area contributed by atoms with E-state index in [0.717, 1.165) is 17.0 Å². The van der Waals surface area contributed by atoms with Gasteiger partial charge in [0.1, 0.15) is 16.0 Å². The van der Waals surface area contributed by atoms with Crippen LogP contribution in [0.3, 0.4) is 0 Å². The average molecular weight is 329 g/mol. The Labute approximate surface area is 126 Å². The van der Waals surface area contributed by atoms with Gasteiger partial charge in [0.2, 0.25) is 0 Å². The van der Waals surface area contributed by atoms with Crippen LogP contribution in [0.4, 0.5) is 18.9 Å². The number of anilines is 1. The maximum Gasteiger partial charge on any atom is 0.416 e. The fourth-order valence-electron chi connectivity index (χ4n) is 1.53. The summed E-state index contributed by atoms with van der Waals surface area (Å²) in [6, 6.07) is 5.88. The van der Waals surface area contributed by atoms with E-state index < -0.39 is 17.7 Å². The highest BCUT2D eigenvalue weighted by Crippen LogP contribution is 2.29. The molecule has 9 heteroatoms. The molecule has 0 fully saturated rings. The van der Waals surface area contributed by atoms with Crippen LogP contribution in [0.5, 0.6) is 0 Å². The Kier molecular flexibility index (Phi) is 4.36. The molecule has 0 saturated carbocycles. The first-order valence-corrected chi connectivity index (χ1v) is 6.73. The lowest BCUT2D eigenvalue weighted by Crippen LogP contribution is -2.04. The highest BCUT2D eigenvalue weighted by molar-refractivity contribution is 7.16. The minimum Gasteiger partial charge on any atom is -0.477 e. The number of nitrogens with two attached hydrogens (primary N) is 1. The minimum absolute atomic E-state index is 0.194. The standard InChI is InChI=1S/C7H6F3N.C6H4N2O2S/c8-7(9,10)5-1-3-6(11)4-2-5;9-6(10)4-1-3-5(8-4)11-2-7-3/h1-4H,11H2;1-2,8H,(H,9,10). The van der Waals surface area contributed by atoms with Gasteiger partial charge in [0.15, 0.2) is 0 Å². The van der Waals surface area contributed by atoms with Gasteiger partial charge in [-0.2, -0.15) is 13.2 Å². The molecule has 0 saturated heterocycles. The third-order valence-electron chi connectivity index (χ3n) is 2.59. The topological polar surface area (TPSA) is 92.0 Å². The largest absolute Gasteiger partial charge is 0.477 e. The maximum absolute atomic E-state index is 11.9. The van der Waals surface area contributed by atoms with E-state index in [-0.39, 0.29) is 5.69 Å². The van der Waals surface area contributed by atoms with Gasteiger partial charge >= 0.3 is 12.1 Å². The van der Waals surface area contributed by atoms with E-state index >= 15 is 0 Å². The van der Waals surface area contributed by atoms with Gasteiger partial charge in [-0.15, -0.1) is 11.3 Å². The summed E-state index contributed by atoms with van der Waals surface area (Å²) in [6.45, 7) is 0. The number of thiazole rings is 1. The van der Waals surface area contributed by atoms with E-state index in [0.29, 0.717) is 11.2 Å². The summed E-state index contributed by atoms with van der Waals surface area (Å²) in [6.07, 6.45) is -4.27. The number of benzene rings is 1. The minimum atomic E-state index is -4.27. The van der Waals surface area contributed by atoms with Crippen molar-refractivity contribution in [1.82, 2.24) is 9.97 Å². The van der Waals surface area contributed by atoms with E-state index in [1.165, 1.54) is 29.5 Å². The summed E-state index contributed by atoms with van der Waals surface area (Å²) in [4.78, 5) is 17.9. The normalized spacial score (nSPS) is 11.0. The van der Waals surface area contributed by atoms with E-state index in [1.807, 2.05) is 0 Å². The van der Waals surface area contributed by atoms with E-state index in [4.69, 9.17) is 10.8 Å². The Balaban J connectivity index is 0.000000160. The number of alkyl halides is 3. The third-order valence-corrected chi connectivity index (χ3v) is 3.35. The van der Waals surface area contributed by atoms with Crippen molar-refractivity contribution in [3.8, 4) is 0 Å². The average Bonchev–Trinajstić information content (AvgIpc) is 2.99. The van der Waals surface area contributed by atoms with Crippen molar-refractivity contribution in [1.29, 1.82) is 0 Å². The van der Waals surface area contributed by atoms with Crippen molar-refractivity contribution in [2.75, 3.05) is 5.73 Å². The first kappa shape index (κ1) is 15.8. The fourth-order valence-corrected chi connectivity index (χ4v) is 2.21. The number of aromatic nitrogens is 2. The van der Waals surface area contributed by atoms with Gasteiger partial charge in [-0.1, -0.05) is 0 Å². The maximum atomic E-state index is 11.9. The number of nitrogens with one attached hydrogen (secondary N) is 1. The molecule has 0 amide bonds. The van der Waals surface area contributed by atoms with Gasteiger partial charge in [-0.3, -0.25) is 0 Å². The molecule has 0 unspecified atom stereocenters. The zero-order valence-electron chi connectivity index (χ0n) is 10.9. The van der Waals surface area contributed by atoms with E-state index in [9.17, 15) is 18.0 Å². The molecule has 2 heterocycles. The molecule has 1 aromatic carbocycles. The zero-order valence-corrected chi connectivity index (χ0v) is 11.7. The second-order valence-corrected chi connectivity index (χ2v) is 5.03. The smallest absolute Gasteiger partial charge is 0.416 e. The van der Waals surface area contributed by atoms with Crippen molar-refractivity contribution < 1.29 is 23.1 Å². The SMILES string of the molecule is Nc1ccc(C(F)(F)F)cc1.O=C(O)c1cc2ncsc2[nH]1. The monoisotopic (exact) mass is 329 g/mol. The predicted octanol–water partition coefficient (Wildman–Crippen LogP) is 3.61. The molecule has 0 spiro atoms. The number of carboxylic acid groups (broad SMARTS) is 1. The molecule has 0 atom stereocenters. The Morgan fingerprint density at radius 2 is 1.91 bits per heavy atom. The number of aromatic amines is 1. The van der Waals surface area contributed by atoms with Crippen molar-refractivity contribution in [2.45, 2.75) is 6.18 Å². The van der Waals surface area contributed by atoms with Gasteiger partial charge in [0, 0.05) is 5.69 Å². The van der Waals surface area contributed by atoms with Gasteiger partial charge < -0.3 is 15.8 Å². The number of hydrogen-bond acceptors (Lipinski definition) is 4. The van der Waals surface area contributed by atoms with Crippen molar-refractivity contribution in [2.24, 2.45) is 0 Å². The van der Waals surface area contributed by atoms with Crippen LogP contribution >= 0.6 is 11.3 Å².